The number of hydrogen-bond donors (Lipinski definition) is 0. The number of methoxy groups -OCH3 is 1. The van der Waals surface area contributed by atoms with Crippen molar-refractivity contribution < 1.29 is 18.9 Å². The van der Waals surface area contributed by atoms with Crippen molar-refractivity contribution in [1.29, 1.82) is 0 Å². The molecule has 0 bridgehead atoms. The largest absolute Gasteiger partial charge is 0.475 e. The Kier molecular flexibility index (Phi) is 7.26. The zero-order valence-electron chi connectivity index (χ0n) is 18.9. The molecule has 32 heavy (non-hydrogen) atoms. The van der Waals surface area contributed by atoms with Gasteiger partial charge in [-0.05, 0) is 30.0 Å². The zero-order valence-corrected chi connectivity index (χ0v) is 18.9. The Bertz CT molecular complexity index is 1060. The van der Waals surface area contributed by atoms with E-state index in [4.69, 9.17) is 18.9 Å². The molecular weight excluding hydrogens is 408 g/mol. The van der Waals surface area contributed by atoms with Crippen LogP contribution in [0.25, 0.3) is 11.3 Å². The summed E-state index contributed by atoms with van der Waals surface area (Å²) in [5.41, 5.74) is 3.63. The number of aryl methyl sites for hydroxylation is 1. The number of benzene rings is 1. The molecule has 2 aromatic rings. The van der Waals surface area contributed by atoms with E-state index in [1.54, 1.807) is 11.7 Å². The van der Waals surface area contributed by atoms with Gasteiger partial charge >= 0.3 is 5.69 Å². The Labute approximate surface area is 188 Å². The highest BCUT2D eigenvalue weighted by Gasteiger charge is 2.21. The predicted octanol–water partition coefficient (Wildman–Crippen LogP) is 2.67. The fraction of sp³-hybridized carbons (Fsp3) is 0.520. The van der Waals surface area contributed by atoms with E-state index >= 15 is 0 Å². The van der Waals surface area contributed by atoms with E-state index in [0.29, 0.717) is 44.8 Å². The fourth-order valence-electron chi connectivity index (χ4n) is 3.97. The Morgan fingerprint density at radius 1 is 1.31 bits per heavy atom. The zero-order chi connectivity index (χ0) is 22.5. The van der Waals surface area contributed by atoms with Crippen LogP contribution in [0, 0.1) is 17.8 Å². The van der Waals surface area contributed by atoms with Crippen LogP contribution in [0.4, 0.5) is 0 Å². The SMILES string of the molecule is CCC(C)C(C#Cc1ccc2c(c1)CCn1c-2cc(OCC2COCCO2)nc1=O)OC. The summed E-state index contributed by atoms with van der Waals surface area (Å²) in [7, 11) is 1.70. The van der Waals surface area contributed by atoms with E-state index in [-0.39, 0.29) is 17.9 Å². The van der Waals surface area contributed by atoms with Gasteiger partial charge in [-0.15, -0.1) is 0 Å². The van der Waals surface area contributed by atoms with E-state index in [0.717, 1.165) is 35.2 Å². The van der Waals surface area contributed by atoms with Crippen molar-refractivity contribution in [3.8, 4) is 29.0 Å². The fourth-order valence-corrected chi connectivity index (χ4v) is 3.97. The molecule has 1 aromatic heterocycles. The van der Waals surface area contributed by atoms with Gasteiger partial charge in [0.2, 0.25) is 5.88 Å². The summed E-state index contributed by atoms with van der Waals surface area (Å²) in [6.07, 6.45) is 1.54. The van der Waals surface area contributed by atoms with Crippen LogP contribution in [0.3, 0.4) is 0 Å². The molecule has 0 aliphatic carbocycles. The molecular formula is C25H30N2O5. The molecule has 0 radical (unpaired) electrons. The van der Waals surface area contributed by atoms with E-state index in [1.165, 1.54) is 0 Å². The third-order valence-corrected chi connectivity index (χ3v) is 6.05. The van der Waals surface area contributed by atoms with Crippen LogP contribution in [-0.2, 0) is 27.2 Å². The maximum Gasteiger partial charge on any atom is 0.351 e. The third kappa shape index (κ3) is 5.04. The van der Waals surface area contributed by atoms with Gasteiger partial charge in [-0.2, -0.15) is 4.98 Å². The van der Waals surface area contributed by atoms with Gasteiger partial charge in [-0.1, -0.05) is 38.2 Å². The summed E-state index contributed by atoms with van der Waals surface area (Å²) in [5, 5.41) is 0. The number of ether oxygens (including phenoxy) is 4. The van der Waals surface area contributed by atoms with Crippen LogP contribution in [-0.4, -0.2) is 55.3 Å². The van der Waals surface area contributed by atoms with Crippen LogP contribution < -0.4 is 10.4 Å². The topological polar surface area (TPSA) is 71.8 Å². The lowest BCUT2D eigenvalue weighted by atomic mass is 9.95. The summed E-state index contributed by atoms with van der Waals surface area (Å²) in [4.78, 5) is 16.7. The maximum absolute atomic E-state index is 12.6. The molecule has 2 aliphatic rings. The molecule has 0 spiro atoms. The summed E-state index contributed by atoms with van der Waals surface area (Å²) in [6, 6.07) is 7.95. The Morgan fingerprint density at radius 2 is 2.19 bits per heavy atom. The van der Waals surface area contributed by atoms with Gasteiger partial charge in [0, 0.05) is 30.8 Å². The molecule has 1 aromatic carbocycles. The average molecular weight is 439 g/mol. The lowest BCUT2D eigenvalue weighted by molar-refractivity contribution is -0.102. The molecule has 3 atom stereocenters. The Morgan fingerprint density at radius 3 is 2.94 bits per heavy atom. The lowest BCUT2D eigenvalue weighted by Crippen LogP contribution is -2.34. The van der Waals surface area contributed by atoms with Gasteiger partial charge in [0.15, 0.2) is 0 Å². The third-order valence-electron chi connectivity index (χ3n) is 6.05. The second kappa shape index (κ2) is 10.3. The smallest absolute Gasteiger partial charge is 0.351 e. The first-order chi connectivity index (χ1) is 15.6. The predicted molar refractivity (Wildman–Crippen MR) is 121 cm³/mol. The molecule has 0 N–H and O–H groups in total. The van der Waals surface area contributed by atoms with Crippen LogP contribution in [0.2, 0.25) is 0 Å². The maximum atomic E-state index is 12.6. The van der Waals surface area contributed by atoms with Crippen molar-refractivity contribution in [2.45, 2.75) is 45.4 Å². The molecule has 4 rings (SSSR count). The average Bonchev–Trinajstić information content (AvgIpc) is 2.83. The van der Waals surface area contributed by atoms with Gasteiger partial charge in [0.1, 0.15) is 18.8 Å². The van der Waals surface area contributed by atoms with Crippen LogP contribution >= 0.6 is 0 Å². The number of rotatable bonds is 6. The molecule has 2 aliphatic heterocycles. The Balaban J connectivity index is 1.56. The van der Waals surface area contributed by atoms with Crippen molar-refractivity contribution in [2.24, 2.45) is 5.92 Å². The van der Waals surface area contributed by atoms with Gasteiger partial charge in [-0.25, -0.2) is 4.79 Å². The van der Waals surface area contributed by atoms with E-state index in [2.05, 4.69) is 36.7 Å². The summed E-state index contributed by atoms with van der Waals surface area (Å²) in [5.74, 6) is 7.19. The van der Waals surface area contributed by atoms with Crippen molar-refractivity contribution in [2.75, 3.05) is 33.5 Å². The first-order valence-electron chi connectivity index (χ1n) is 11.2. The van der Waals surface area contributed by atoms with Gasteiger partial charge in [-0.3, -0.25) is 4.57 Å². The molecule has 3 heterocycles. The molecule has 0 saturated carbocycles. The summed E-state index contributed by atoms with van der Waals surface area (Å²) < 4.78 is 24.0. The Hall–Kier alpha value is -2.66. The molecule has 7 heteroatoms. The van der Waals surface area contributed by atoms with Crippen molar-refractivity contribution >= 4 is 0 Å². The number of nitrogens with zero attached hydrogens (tertiary/aromatic N) is 2. The first-order valence-corrected chi connectivity index (χ1v) is 11.2. The van der Waals surface area contributed by atoms with Crippen LogP contribution in [0.5, 0.6) is 5.88 Å². The second-order valence-corrected chi connectivity index (χ2v) is 8.23. The van der Waals surface area contributed by atoms with Gasteiger partial charge in [0.25, 0.3) is 0 Å². The van der Waals surface area contributed by atoms with Crippen LogP contribution in [0.15, 0.2) is 29.1 Å². The molecule has 170 valence electrons. The first kappa shape index (κ1) is 22.5. The van der Waals surface area contributed by atoms with Gasteiger partial charge < -0.3 is 18.9 Å². The quantitative estimate of drug-likeness (QED) is 0.646. The monoisotopic (exact) mass is 438 g/mol. The minimum atomic E-state index is -0.302. The van der Waals surface area contributed by atoms with Crippen molar-refractivity contribution in [3.63, 3.8) is 0 Å². The van der Waals surface area contributed by atoms with Crippen LogP contribution in [0.1, 0.15) is 31.4 Å². The van der Waals surface area contributed by atoms with E-state index < -0.39 is 0 Å². The number of fused-ring (bicyclic) bond motifs is 3. The van der Waals surface area contributed by atoms with Crippen molar-refractivity contribution in [3.05, 3.63) is 45.9 Å². The highest BCUT2D eigenvalue weighted by atomic mass is 16.6. The molecule has 1 fully saturated rings. The van der Waals surface area contributed by atoms with E-state index in [1.807, 2.05) is 18.2 Å². The summed E-state index contributed by atoms with van der Waals surface area (Å²) >= 11 is 0. The second-order valence-electron chi connectivity index (χ2n) is 8.23. The normalized spacial score (nSPS) is 19.2. The molecule has 1 saturated heterocycles. The minimum absolute atomic E-state index is 0.0836. The standard InChI is InChI=1S/C25H30N2O5/c1-4-17(2)23(29-3)8-6-18-5-7-21-19(13-18)9-10-27-22(21)14-24(26-25(27)28)32-16-20-15-30-11-12-31-20/h5,7,13-14,17,20,23H,4,9-12,15-16H2,1-3H3. The summed E-state index contributed by atoms with van der Waals surface area (Å²) in [6.45, 7) is 6.80. The minimum Gasteiger partial charge on any atom is -0.475 e. The lowest BCUT2D eigenvalue weighted by Gasteiger charge is -2.24. The van der Waals surface area contributed by atoms with Gasteiger partial charge in [0.05, 0.1) is 25.5 Å². The van der Waals surface area contributed by atoms with Crippen molar-refractivity contribution in [1.82, 2.24) is 9.55 Å². The van der Waals surface area contributed by atoms with E-state index in [9.17, 15) is 4.79 Å². The highest BCUT2D eigenvalue weighted by Crippen LogP contribution is 2.30. The molecule has 0 amide bonds. The molecule has 7 nitrogen and oxygen atoms in total. The number of hydrogen-bond acceptors (Lipinski definition) is 6. The number of aromatic nitrogens is 2. The molecule has 3 unspecified atom stereocenters. The highest BCUT2D eigenvalue weighted by molar-refractivity contribution is 5.68.